The molecule has 0 N–H and O–H groups in total. The van der Waals surface area contributed by atoms with Crippen LogP contribution in [-0.4, -0.2) is 49.7 Å². The molecule has 2 aromatic carbocycles. The highest BCUT2D eigenvalue weighted by atomic mass is 32.2. The molecule has 0 amide bonds. The molecule has 0 spiro atoms. The molecule has 1 saturated heterocycles. The van der Waals surface area contributed by atoms with Crippen molar-refractivity contribution in [1.29, 1.82) is 0 Å². The third-order valence-electron chi connectivity index (χ3n) is 6.72. The molecule has 2 aromatic heterocycles. The largest absolute Gasteiger partial charge is 0.493 e. The first-order valence-corrected chi connectivity index (χ1v) is 13.8. The molecule has 5 rings (SSSR count). The Kier molecular flexibility index (Phi) is 6.72. The third kappa shape index (κ3) is 4.71. The average molecular weight is 526 g/mol. The highest BCUT2D eigenvalue weighted by molar-refractivity contribution is 7.89. The fourth-order valence-electron chi connectivity index (χ4n) is 5.03. The smallest absolute Gasteiger partial charge is 0.294 e. The van der Waals surface area contributed by atoms with Gasteiger partial charge in [0, 0.05) is 29.6 Å². The fraction of sp³-hybridized carbons (Fsp3) is 0.407. The summed E-state index contributed by atoms with van der Waals surface area (Å²) in [6.07, 6.45) is 1.03. The van der Waals surface area contributed by atoms with E-state index < -0.39 is 10.0 Å². The van der Waals surface area contributed by atoms with Gasteiger partial charge in [-0.25, -0.2) is 8.42 Å². The van der Waals surface area contributed by atoms with Crippen LogP contribution in [0.5, 0.6) is 11.5 Å². The summed E-state index contributed by atoms with van der Waals surface area (Å²) in [6, 6.07) is 10.4. The van der Waals surface area contributed by atoms with Crippen LogP contribution in [-0.2, 0) is 10.0 Å². The molecular weight excluding hydrogens is 494 g/mol. The van der Waals surface area contributed by atoms with Crippen LogP contribution in [0.15, 0.2) is 50.2 Å². The van der Waals surface area contributed by atoms with Gasteiger partial charge in [0.05, 0.1) is 18.6 Å². The van der Waals surface area contributed by atoms with Gasteiger partial charge in [-0.1, -0.05) is 19.0 Å². The first kappa shape index (κ1) is 25.3. The Balaban J connectivity index is 1.47. The number of sulfonamides is 1. The Labute approximate surface area is 216 Å². The second kappa shape index (κ2) is 9.83. The molecule has 0 unspecified atom stereocenters. The molecule has 2 atom stereocenters. The third-order valence-corrected chi connectivity index (χ3v) is 8.55. The normalized spacial score (nSPS) is 18.8. The number of furan rings is 1. The molecule has 1 aliphatic heterocycles. The van der Waals surface area contributed by atoms with Gasteiger partial charge in [-0.05, 0) is 68.5 Å². The van der Waals surface area contributed by atoms with E-state index in [0.29, 0.717) is 71.1 Å². The van der Waals surface area contributed by atoms with Crippen LogP contribution >= 0.6 is 0 Å². The number of methoxy groups -OCH3 is 1. The maximum atomic E-state index is 13.4. The second-order valence-corrected chi connectivity index (χ2v) is 11.6. The monoisotopic (exact) mass is 525 g/mol. The van der Waals surface area contributed by atoms with E-state index in [1.165, 1.54) is 0 Å². The fourth-order valence-corrected chi connectivity index (χ4v) is 6.74. The maximum absolute atomic E-state index is 13.4. The van der Waals surface area contributed by atoms with Gasteiger partial charge in [-0.3, -0.25) is 0 Å². The van der Waals surface area contributed by atoms with Crippen molar-refractivity contribution in [3.8, 4) is 34.5 Å². The summed E-state index contributed by atoms with van der Waals surface area (Å²) in [6.45, 7) is 9.52. The highest BCUT2D eigenvalue weighted by Crippen LogP contribution is 2.37. The summed E-state index contributed by atoms with van der Waals surface area (Å²) in [5.74, 6) is 2.83. The Morgan fingerprint density at radius 1 is 1.08 bits per heavy atom. The molecule has 4 aromatic rings. The van der Waals surface area contributed by atoms with Gasteiger partial charge < -0.3 is 18.4 Å². The van der Waals surface area contributed by atoms with Gasteiger partial charge in [-0.2, -0.15) is 9.29 Å². The van der Waals surface area contributed by atoms with E-state index in [1.807, 2.05) is 19.9 Å². The number of fused-ring (bicyclic) bond motifs is 1. The number of nitrogens with zero attached hydrogens (tertiary/aromatic N) is 3. The number of hydrogen-bond donors (Lipinski definition) is 0. The van der Waals surface area contributed by atoms with Crippen LogP contribution in [0.3, 0.4) is 0 Å². The van der Waals surface area contributed by atoms with Crippen molar-refractivity contribution in [2.45, 2.75) is 39.0 Å². The molecule has 3 heterocycles. The lowest BCUT2D eigenvalue weighted by atomic mass is 9.94. The topological polar surface area (TPSA) is 108 Å². The van der Waals surface area contributed by atoms with Crippen LogP contribution < -0.4 is 9.47 Å². The molecule has 10 heteroatoms. The number of rotatable bonds is 7. The van der Waals surface area contributed by atoms with Crippen molar-refractivity contribution in [2.75, 3.05) is 26.8 Å². The summed E-state index contributed by atoms with van der Waals surface area (Å²) in [5.41, 5.74) is 1.98. The minimum Gasteiger partial charge on any atom is -0.493 e. The zero-order valence-corrected chi connectivity index (χ0v) is 22.5. The van der Waals surface area contributed by atoms with E-state index in [2.05, 4.69) is 24.0 Å². The van der Waals surface area contributed by atoms with E-state index in [0.717, 1.165) is 12.0 Å². The van der Waals surface area contributed by atoms with Gasteiger partial charge in [-0.15, -0.1) is 0 Å². The van der Waals surface area contributed by atoms with Crippen molar-refractivity contribution in [1.82, 2.24) is 14.4 Å². The predicted molar refractivity (Wildman–Crippen MR) is 139 cm³/mol. The molecule has 0 aliphatic carbocycles. The van der Waals surface area contributed by atoms with Gasteiger partial charge in [0.2, 0.25) is 15.8 Å². The number of aryl methyl sites for hydroxylation is 1. The molecule has 1 fully saturated rings. The van der Waals surface area contributed by atoms with E-state index in [4.69, 9.17) is 18.4 Å². The number of ether oxygens (including phenoxy) is 2. The van der Waals surface area contributed by atoms with Crippen LogP contribution in [0.25, 0.3) is 34.0 Å². The van der Waals surface area contributed by atoms with Crippen molar-refractivity contribution in [3.05, 3.63) is 42.0 Å². The zero-order valence-electron chi connectivity index (χ0n) is 21.6. The molecule has 1 aliphatic rings. The van der Waals surface area contributed by atoms with Crippen LogP contribution in [0.1, 0.15) is 32.8 Å². The predicted octanol–water partition coefficient (Wildman–Crippen LogP) is 5.53. The second-order valence-electron chi connectivity index (χ2n) is 9.70. The van der Waals surface area contributed by atoms with E-state index >= 15 is 0 Å². The molecule has 0 bridgehead atoms. The quantitative estimate of drug-likeness (QED) is 0.310. The lowest BCUT2D eigenvalue weighted by Crippen LogP contribution is -2.42. The summed E-state index contributed by atoms with van der Waals surface area (Å²) >= 11 is 0. The summed E-state index contributed by atoms with van der Waals surface area (Å²) in [5, 5.41) is 4.80. The van der Waals surface area contributed by atoms with Crippen molar-refractivity contribution < 1.29 is 26.8 Å². The van der Waals surface area contributed by atoms with Gasteiger partial charge in [0.15, 0.2) is 17.3 Å². The molecular formula is C27H31N3O6S. The minimum absolute atomic E-state index is 0.208. The molecule has 0 radical (unpaired) electrons. The van der Waals surface area contributed by atoms with E-state index in [1.54, 1.807) is 41.7 Å². The zero-order chi connectivity index (χ0) is 26.3. The standard InChI is InChI=1S/C27H31N3O6S/c1-6-34-23-9-7-19(12-24(23)33-5)26-28-27(36-29-26)25-18(4)21-13-20(8-10-22(21)35-25)37(31,32)30-14-16(2)11-17(3)15-30/h7-10,12-13,16-17H,6,11,14-15H2,1-5H3/t16-,17+. The first-order valence-electron chi connectivity index (χ1n) is 12.4. The minimum atomic E-state index is -3.62. The lowest BCUT2D eigenvalue weighted by molar-refractivity contribution is 0.222. The number of benzene rings is 2. The van der Waals surface area contributed by atoms with Gasteiger partial charge in [0.1, 0.15) is 5.58 Å². The summed E-state index contributed by atoms with van der Waals surface area (Å²) < 4.78 is 51.0. The average Bonchev–Trinajstić information content (AvgIpc) is 3.48. The van der Waals surface area contributed by atoms with E-state index in [-0.39, 0.29) is 10.8 Å². The van der Waals surface area contributed by atoms with Crippen LogP contribution in [0, 0.1) is 18.8 Å². The van der Waals surface area contributed by atoms with E-state index in [9.17, 15) is 8.42 Å². The molecule has 9 nitrogen and oxygen atoms in total. The van der Waals surface area contributed by atoms with Gasteiger partial charge in [0.25, 0.3) is 5.89 Å². The maximum Gasteiger partial charge on any atom is 0.294 e. The molecule has 196 valence electrons. The van der Waals surface area contributed by atoms with Gasteiger partial charge >= 0.3 is 0 Å². The number of aromatic nitrogens is 2. The van der Waals surface area contributed by atoms with Crippen LogP contribution in [0.2, 0.25) is 0 Å². The lowest BCUT2D eigenvalue weighted by Gasteiger charge is -2.34. The Bertz CT molecular complexity index is 1530. The molecule has 37 heavy (non-hydrogen) atoms. The Morgan fingerprint density at radius 3 is 2.54 bits per heavy atom. The summed E-state index contributed by atoms with van der Waals surface area (Å²) in [4.78, 5) is 4.78. The van der Waals surface area contributed by atoms with Crippen molar-refractivity contribution in [3.63, 3.8) is 0 Å². The first-order chi connectivity index (χ1) is 17.7. The van der Waals surface area contributed by atoms with Crippen molar-refractivity contribution >= 4 is 21.0 Å². The summed E-state index contributed by atoms with van der Waals surface area (Å²) in [7, 11) is -2.05. The Hall–Kier alpha value is -3.37. The highest BCUT2D eigenvalue weighted by Gasteiger charge is 2.32. The van der Waals surface area contributed by atoms with Crippen molar-refractivity contribution in [2.24, 2.45) is 11.8 Å². The number of hydrogen-bond acceptors (Lipinski definition) is 8. The Morgan fingerprint density at radius 2 is 1.84 bits per heavy atom. The molecule has 0 saturated carbocycles. The SMILES string of the molecule is CCOc1ccc(-c2noc(-c3oc4ccc(S(=O)(=O)N5C[C@H](C)C[C@H](C)C5)cc4c3C)n2)cc1OC. The van der Waals surface area contributed by atoms with Crippen LogP contribution in [0.4, 0.5) is 0 Å². The number of piperidine rings is 1.